The van der Waals surface area contributed by atoms with Gasteiger partial charge in [-0.3, -0.25) is 4.98 Å². The summed E-state index contributed by atoms with van der Waals surface area (Å²) >= 11 is 0. The van der Waals surface area contributed by atoms with E-state index in [1.807, 2.05) is 18.3 Å². The summed E-state index contributed by atoms with van der Waals surface area (Å²) in [6.07, 6.45) is 1.84. The Morgan fingerprint density at radius 2 is 1.32 bits per heavy atom. The fourth-order valence-electron chi connectivity index (χ4n) is 6.28. The van der Waals surface area contributed by atoms with E-state index < -0.39 is 0 Å². The smallest absolute Gasteiger partial charge is 0.132 e. The van der Waals surface area contributed by atoms with Gasteiger partial charge in [0, 0.05) is 39.1 Å². The molecule has 0 saturated heterocycles. The number of ether oxygens (including phenoxy) is 1. The number of rotatable bonds is 2. The zero-order valence-corrected chi connectivity index (χ0v) is 22.3. The van der Waals surface area contributed by atoms with Gasteiger partial charge in [-0.05, 0) is 46.2 Å². The summed E-state index contributed by atoms with van der Waals surface area (Å²) in [5, 5.41) is 4.53. The van der Waals surface area contributed by atoms with Gasteiger partial charge in [-0.15, -0.1) is 0 Å². The van der Waals surface area contributed by atoms with Crippen molar-refractivity contribution in [3.63, 3.8) is 0 Å². The molecule has 0 N–H and O–H groups in total. The normalized spacial score (nSPS) is 13.7. The van der Waals surface area contributed by atoms with Gasteiger partial charge in [0.2, 0.25) is 0 Å². The molecule has 190 valence electrons. The number of para-hydroxylation sites is 1. The van der Waals surface area contributed by atoms with Gasteiger partial charge in [0.15, 0.2) is 0 Å². The van der Waals surface area contributed by atoms with E-state index >= 15 is 0 Å². The third kappa shape index (κ3) is 3.37. The summed E-state index contributed by atoms with van der Waals surface area (Å²) in [6.45, 7) is 4.54. The van der Waals surface area contributed by atoms with E-state index in [9.17, 15) is 0 Å². The molecular formula is C37H26N2O. The van der Waals surface area contributed by atoms with Crippen LogP contribution in [-0.2, 0) is 5.41 Å². The molecule has 1 aliphatic heterocycles. The number of fused-ring (bicyclic) bond motifs is 6. The molecule has 40 heavy (non-hydrogen) atoms. The lowest BCUT2D eigenvalue weighted by Gasteiger charge is -2.34. The Morgan fingerprint density at radius 3 is 2.25 bits per heavy atom. The third-order valence-electron chi connectivity index (χ3n) is 8.36. The summed E-state index contributed by atoms with van der Waals surface area (Å²) < 4.78 is 6.49. The Hall–Kier alpha value is -5.02. The topological polar surface area (TPSA) is 35.0 Å². The van der Waals surface area contributed by atoms with Crippen molar-refractivity contribution in [2.45, 2.75) is 19.3 Å². The quantitative estimate of drug-likeness (QED) is 0.215. The zero-order valence-electron chi connectivity index (χ0n) is 22.3. The second-order valence-corrected chi connectivity index (χ2v) is 11.1. The van der Waals surface area contributed by atoms with Gasteiger partial charge in [0.05, 0.1) is 16.7 Å². The molecule has 3 nitrogen and oxygen atoms in total. The lowest BCUT2D eigenvalue weighted by atomic mass is 9.75. The Labute approximate surface area is 232 Å². The first-order valence-electron chi connectivity index (χ1n) is 13.7. The van der Waals surface area contributed by atoms with Gasteiger partial charge < -0.3 is 4.74 Å². The Balaban J connectivity index is 1.37. The van der Waals surface area contributed by atoms with Gasteiger partial charge in [0.25, 0.3) is 0 Å². The monoisotopic (exact) mass is 514 g/mol. The van der Waals surface area contributed by atoms with Gasteiger partial charge in [0.1, 0.15) is 11.5 Å². The molecule has 0 radical (unpaired) electrons. The highest BCUT2D eigenvalue weighted by molar-refractivity contribution is 6.07. The largest absolute Gasteiger partial charge is 0.457 e. The summed E-state index contributed by atoms with van der Waals surface area (Å²) in [4.78, 5) is 9.94. The maximum absolute atomic E-state index is 6.49. The molecule has 0 aliphatic carbocycles. The average Bonchev–Trinajstić information content (AvgIpc) is 3.00. The van der Waals surface area contributed by atoms with Crippen LogP contribution in [0.25, 0.3) is 55.0 Å². The van der Waals surface area contributed by atoms with Crippen molar-refractivity contribution in [2.24, 2.45) is 0 Å². The van der Waals surface area contributed by atoms with E-state index in [1.165, 1.54) is 21.9 Å². The Bertz CT molecular complexity index is 2130. The number of hydrogen-bond acceptors (Lipinski definition) is 3. The van der Waals surface area contributed by atoms with Crippen molar-refractivity contribution in [1.29, 1.82) is 0 Å². The highest BCUT2D eigenvalue weighted by Gasteiger charge is 2.34. The van der Waals surface area contributed by atoms with Crippen LogP contribution in [0.15, 0.2) is 121 Å². The molecule has 3 heteroatoms. The molecule has 0 spiro atoms. The standard InChI is InChI=1S/C37H26N2O/c1-37(2)29-11-5-6-12-32(29)40-33-22-26(16-19-30(33)37)28-18-15-23-8-3-4-10-27(23)34(28)31-20-17-25-14-13-24-9-7-21-38-35(24)36(25)39-31/h3-22H,1-2H3. The maximum Gasteiger partial charge on any atom is 0.132 e. The van der Waals surface area contributed by atoms with Crippen molar-refractivity contribution in [3.8, 4) is 33.9 Å². The molecule has 0 fully saturated rings. The molecule has 1 aliphatic rings. The lowest BCUT2D eigenvalue weighted by Crippen LogP contribution is -2.24. The van der Waals surface area contributed by atoms with E-state index in [2.05, 4.69) is 122 Å². The number of aromatic nitrogens is 2. The number of nitrogens with zero attached hydrogens (tertiary/aromatic N) is 2. The van der Waals surface area contributed by atoms with Gasteiger partial charge >= 0.3 is 0 Å². The number of benzene rings is 5. The Morgan fingerprint density at radius 1 is 0.600 bits per heavy atom. The van der Waals surface area contributed by atoms with Crippen molar-refractivity contribution < 1.29 is 4.74 Å². The highest BCUT2D eigenvalue weighted by atomic mass is 16.5. The predicted octanol–water partition coefficient (Wildman–Crippen LogP) is 9.70. The van der Waals surface area contributed by atoms with Gasteiger partial charge in [-0.1, -0.05) is 105 Å². The fraction of sp³-hybridized carbons (Fsp3) is 0.0811. The zero-order chi connectivity index (χ0) is 26.8. The maximum atomic E-state index is 6.49. The minimum atomic E-state index is -0.150. The number of pyridine rings is 2. The molecule has 7 aromatic rings. The SMILES string of the molecule is CC1(C)c2ccccc2Oc2cc(-c3ccc4ccccc4c3-c3ccc4ccc5cccnc5c4n3)ccc21. The van der Waals surface area contributed by atoms with Crippen LogP contribution in [0.3, 0.4) is 0 Å². The van der Waals surface area contributed by atoms with E-state index in [4.69, 9.17) is 9.72 Å². The average molecular weight is 515 g/mol. The number of hydrogen-bond donors (Lipinski definition) is 0. The molecule has 0 atom stereocenters. The summed E-state index contributed by atoms with van der Waals surface area (Å²) in [6, 6.07) is 40.5. The van der Waals surface area contributed by atoms with Crippen LogP contribution < -0.4 is 4.74 Å². The molecule has 0 unspecified atom stereocenters. The molecule has 0 amide bonds. The molecular weight excluding hydrogens is 488 g/mol. The van der Waals surface area contributed by atoms with Crippen LogP contribution in [0.1, 0.15) is 25.0 Å². The molecule has 0 saturated carbocycles. The first kappa shape index (κ1) is 22.9. The third-order valence-corrected chi connectivity index (χ3v) is 8.36. The van der Waals surface area contributed by atoms with Crippen molar-refractivity contribution in [1.82, 2.24) is 9.97 Å². The van der Waals surface area contributed by atoms with E-state index in [0.29, 0.717) is 0 Å². The fourth-order valence-corrected chi connectivity index (χ4v) is 6.28. The van der Waals surface area contributed by atoms with Crippen LogP contribution in [-0.4, -0.2) is 9.97 Å². The van der Waals surface area contributed by atoms with E-state index in [1.54, 1.807) is 0 Å². The second-order valence-electron chi connectivity index (χ2n) is 11.1. The minimum Gasteiger partial charge on any atom is -0.457 e. The first-order valence-corrected chi connectivity index (χ1v) is 13.7. The van der Waals surface area contributed by atoms with Crippen LogP contribution in [0.2, 0.25) is 0 Å². The van der Waals surface area contributed by atoms with Crippen molar-refractivity contribution in [2.75, 3.05) is 0 Å². The van der Waals surface area contributed by atoms with Crippen LogP contribution in [0, 0.1) is 0 Å². The van der Waals surface area contributed by atoms with Crippen molar-refractivity contribution in [3.05, 3.63) is 133 Å². The molecule has 3 heterocycles. The minimum absolute atomic E-state index is 0.150. The van der Waals surface area contributed by atoms with Gasteiger partial charge in [-0.25, -0.2) is 4.98 Å². The van der Waals surface area contributed by atoms with Gasteiger partial charge in [-0.2, -0.15) is 0 Å². The van der Waals surface area contributed by atoms with E-state index in [-0.39, 0.29) is 5.41 Å². The second kappa shape index (κ2) is 8.49. The van der Waals surface area contributed by atoms with Crippen LogP contribution >= 0.6 is 0 Å². The molecule has 0 bridgehead atoms. The van der Waals surface area contributed by atoms with Crippen LogP contribution in [0.4, 0.5) is 0 Å². The van der Waals surface area contributed by atoms with E-state index in [0.717, 1.165) is 55.7 Å². The first-order chi connectivity index (χ1) is 19.6. The predicted molar refractivity (Wildman–Crippen MR) is 164 cm³/mol. The molecule has 8 rings (SSSR count). The summed E-state index contributed by atoms with van der Waals surface area (Å²) in [7, 11) is 0. The van der Waals surface area contributed by atoms with Crippen molar-refractivity contribution >= 4 is 32.6 Å². The summed E-state index contributed by atoms with van der Waals surface area (Å²) in [5.74, 6) is 1.83. The summed E-state index contributed by atoms with van der Waals surface area (Å²) in [5.41, 5.74) is 8.37. The molecule has 5 aromatic carbocycles. The molecule has 2 aromatic heterocycles. The Kier molecular flexibility index (Phi) is 4.86. The van der Waals surface area contributed by atoms with Crippen LogP contribution in [0.5, 0.6) is 11.5 Å². The highest BCUT2D eigenvalue weighted by Crippen LogP contribution is 2.49. The lowest BCUT2D eigenvalue weighted by molar-refractivity contribution is 0.418.